The van der Waals surface area contributed by atoms with Gasteiger partial charge in [0.05, 0.1) is 22.7 Å². The van der Waals surface area contributed by atoms with Crippen LogP contribution in [0.2, 0.25) is 0 Å². The van der Waals surface area contributed by atoms with Gasteiger partial charge in [-0.25, -0.2) is 4.98 Å². The molecule has 15 heavy (non-hydrogen) atoms. The Morgan fingerprint density at radius 1 is 1.60 bits per heavy atom. The third kappa shape index (κ3) is 2.28. The summed E-state index contributed by atoms with van der Waals surface area (Å²) in [5.74, 6) is 0.539. The Kier molecular flexibility index (Phi) is 2.89. The van der Waals surface area contributed by atoms with Crippen molar-refractivity contribution in [2.45, 2.75) is 6.61 Å². The molecule has 0 radical (unpaired) electrons. The van der Waals surface area contributed by atoms with Gasteiger partial charge in [-0.05, 0) is 0 Å². The number of methoxy groups -OCH3 is 1. The summed E-state index contributed by atoms with van der Waals surface area (Å²) in [5.41, 5.74) is 2.13. The predicted octanol–water partition coefficient (Wildman–Crippen LogP) is 1.04. The zero-order valence-electron chi connectivity index (χ0n) is 8.06. The van der Waals surface area contributed by atoms with Crippen molar-refractivity contribution in [3.8, 4) is 10.7 Å². The van der Waals surface area contributed by atoms with Crippen LogP contribution in [0.3, 0.4) is 0 Å². The Bertz CT molecular complexity index is 492. The molecule has 0 aliphatic heterocycles. The van der Waals surface area contributed by atoms with Crippen molar-refractivity contribution in [2.75, 3.05) is 7.11 Å². The molecule has 6 heteroatoms. The molecule has 0 spiro atoms. The van der Waals surface area contributed by atoms with E-state index in [0.717, 1.165) is 4.88 Å². The molecule has 0 bridgehead atoms. The van der Waals surface area contributed by atoms with Gasteiger partial charge in [-0.2, -0.15) is 0 Å². The van der Waals surface area contributed by atoms with Gasteiger partial charge < -0.3 is 9.72 Å². The van der Waals surface area contributed by atoms with Crippen LogP contribution in [0.5, 0.6) is 0 Å². The van der Waals surface area contributed by atoms with Crippen molar-refractivity contribution < 1.29 is 4.74 Å². The molecule has 0 amide bonds. The number of ether oxygens (including phenoxy) is 1. The van der Waals surface area contributed by atoms with Crippen molar-refractivity contribution in [3.63, 3.8) is 0 Å². The van der Waals surface area contributed by atoms with E-state index in [1.807, 2.05) is 0 Å². The minimum Gasteiger partial charge on any atom is -0.378 e. The second kappa shape index (κ2) is 4.33. The lowest BCUT2D eigenvalue weighted by Crippen LogP contribution is -2.10. The van der Waals surface area contributed by atoms with Gasteiger partial charge in [-0.3, -0.25) is 9.78 Å². The summed E-state index contributed by atoms with van der Waals surface area (Å²) in [4.78, 5) is 23.0. The number of aromatic amines is 1. The first-order valence-corrected chi connectivity index (χ1v) is 5.15. The van der Waals surface area contributed by atoms with Crippen LogP contribution in [0.1, 0.15) is 5.69 Å². The first-order chi connectivity index (χ1) is 7.29. The van der Waals surface area contributed by atoms with Gasteiger partial charge in [-0.1, -0.05) is 0 Å². The van der Waals surface area contributed by atoms with Crippen molar-refractivity contribution in [1.29, 1.82) is 0 Å². The van der Waals surface area contributed by atoms with Crippen molar-refractivity contribution in [1.82, 2.24) is 15.0 Å². The molecule has 2 aromatic heterocycles. The Morgan fingerprint density at radius 3 is 3.13 bits per heavy atom. The Hall–Kier alpha value is -1.53. The number of nitrogens with one attached hydrogen (secondary N) is 1. The van der Waals surface area contributed by atoms with Gasteiger partial charge >= 0.3 is 0 Å². The maximum atomic E-state index is 11.3. The summed E-state index contributed by atoms with van der Waals surface area (Å²) in [6.45, 7) is 0.329. The molecule has 0 saturated heterocycles. The van der Waals surface area contributed by atoms with E-state index in [-0.39, 0.29) is 5.56 Å². The van der Waals surface area contributed by atoms with Crippen LogP contribution in [0.25, 0.3) is 10.7 Å². The smallest absolute Gasteiger partial charge is 0.251 e. The molecule has 0 saturated carbocycles. The van der Waals surface area contributed by atoms with Gasteiger partial charge in [0.1, 0.15) is 0 Å². The second-order valence-corrected chi connectivity index (χ2v) is 3.77. The van der Waals surface area contributed by atoms with Crippen LogP contribution in [-0.2, 0) is 11.3 Å². The highest BCUT2D eigenvalue weighted by Gasteiger charge is 2.04. The molecule has 0 fully saturated rings. The largest absolute Gasteiger partial charge is 0.378 e. The lowest BCUT2D eigenvalue weighted by atomic mass is 10.4. The van der Waals surface area contributed by atoms with Gasteiger partial charge in [0.25, 0.3) is 5.56 Å². The van der Waals surface area contributed by atoms with Crippen molar-refractivity contribution in [3.05, 3.63) is 33.8 Å². The van der Waals surface area contributed by atoms with E-state index in [4.69, 9.17) is 4.74 Å². The van der Waals surface area contributed by atoms with Gasteiger partial charge in [-0.15, -0.1) is 11.3 Å². The third-order valence-corrected chi connectivity index (χ3v) is 2.53. The monoisotopic (exact) mass is 223 g/mol. The van der Waals surface area contributed by atoms with Crippen LogP contribution in [0.4, 0.5) is 0 Å². The Balaban J connectivity index is 2.44. The van der Waals surface area contributed by atoms with E-state index < -0.39 is 0 Å². The van der Waals surface area contributed by atoms with Crippen molar-refractivity contribution >= 4 is 11.3 Å². The number of thiazole rings is 1. The van der Waals surface area contributed by atoms with Crippen LogP contribution in [0, 0.1) is 0 Å². The summed E-state index contributed by atoms with van der Waals surface area (Å²) >= 11 is 1.43. The highest BCUT2D eigenvalue weighted by Crippen LogP contribution is 2.17. The number of H-pyrrole nitrogens is 1. The highest BCUT2D eigenvalue weighted by atomic mass is 32.1. The molecule has 2 aromatic rings. The molecule has 2 rings (SSSR count). The van der Waals surface area contributed by atoms with Gasteiger partial charge in [0.15, 0.2) is 5.82 Å². The molecule has 0 aromatic carbocycles. The molecule has 0 unspecified atom stereocenters. The molecule has 0 aliphatic carbocycles. The minimum atomic E-state index is -0.180. The summed E-state index contributed by atoms with van der Waals surface area (Å²) in [6.07, 6.45) is 1.67. The number of hydrogen-bond donors (Lipinski definition) is 1. The summed E-state index contributed by atoms with van der Waals surface area (Å²) in [7, 11) is 1.56. The van der Waals surface area contributed by atoms with E-state index >= 15 is 0 Å². The SMILES string of the molecule is COCc1cc(=O)[nH]c(-c2cncs2)n1. The standard InChI is InChI=1S/C9H9N3O2S/c1-14-4-6-2-8(13)12-9(11-6)7-3-10-5-15-7/h2-3,5H,4H2,1H3,(H,11,12,13). The molecule has 2 heterocycles. The average Bonchev–Trinajstić information content (AvgIpc) is 2.70. The van der Waals surface area contributed by atoms with Crippen LogP contribution in [0.15, 0.2) is 22.6 Å². The van der Waals surface area contributed by atoms with E-state index in [2.05, 4.69) is 15.0 Å². The van der Waals surface area contributed by atoms with E-state index in [1.165, 1.54) is 17.4 Å². The first kappa shape index (κ1) is 10.0. The van der Waals surface area contributed by atoms with Gasteiger partial charge in [0, 0.05) is 19.4 Å². The fourth-order valence-electron chi connectivity index (χ4n) is 1.18. The van der Waals surface area contributed by atoms with Gasteiger partial charge in [0.2, 0.25) is 0 Å². The quantitative estimate of drug-likeness (QED) is 0.844. The maximum absolute atomic E-state index is 11.3. The Labute approximate surface area is 89.8 Å². The molecular formula is C9H9N3O2S. The molecule has 0 aliphatic rings. The summed E-state index contributed by atoms with van der Waals surface area (Å²) < 4.78 is 4.93. The second-order valence-electron chi connectivity index (χ2n) is 2.88. The third-order valence-electron chi connectivity index (χ3n) is 1.75. The van der Waals surface area contributed by atoms with E-state index in [0.29, 0.717) is 18.1 Å². The zero-order valence-corrected chi connectivity index (χ0v) is 8.87. The summed E-state index contributed by atoms with van der Waals surface area (Å²) in [6, 6.07) is 1.42. The lowest BCUT2D eigenvalue weighted by Gasteiger charge is -2.00. The van der Waals surface area contributed by atoms with E-state index in [1.54, 1.807) is 18.8 Å². The number of aromatic nitrogens is 3. The first-order valence-electron chi connectivity index (χ1n) is 4.27. The molecular weight excluding hydrogens is 214 g/mol. The molecule has 0 atom stereocenters. The number of nitrogens with zero attached hydrogens (tertiary/aromatic N) is 2. The highest BCUT2D eigenvalue weighted by molar-refractivity contribution is 7.13. The van der Waals surface area contributed by atoms with Crippen LogP contribution in [-0.4, -0.2) is 22.1 Å². The van der Waals surface area contributed by atoms with Crippen LogP contribution < -0.4 is 5.56 Å². The molecule has 5 nitrogen and oxygen atoms in total. The van der Waals surface area contributed by atoms with Crippen molar-refractivity contribution in [2.24, 2.45) is 0 Å². The molecule has 1 N–H and O–H groups in total. The Morgan fingerprint density at radius 2 is 2.47 bits per heavy atom. The van der Waals surface area contributed by atoms with Crippen LogP contribution >= 0.6 is 11.3 Å². The fourth-order valence-corrected chi connectivity index (χ4v) is 1.74. The molecule has 78 valence electrons. The number of hydrogen-bond acceptors (Lipinski definition) is 5. The van der Waals surface area contributed by atoms with E-state index in [9.17, 15) is 4.79 Å². The fraction of sp³-hybridized carbons (Fsp3) is 0.222. The maximum Gasteiger partial charge on any atom is 0.251 e. The lowest BCUT2D eigenvalue weighted by molar-refractivity contribution is 0.181. The normalized spacial score (nSPS) is 10.5. The number of rotatable bonds is 3. The average molecular weight is 223 g/mol. The predicted molar refractivity (Wildman–Crippen MR) is 56.7 cm³/mol. The topological polar surface area (TPSA) is 67.9 Å². The minimum absolute atomic E-state index is 0.180. The zero-order chi connectivity index (χ0) is 10.7. The summed E-state index contributed by atoms with van der Waals surface area (Å²) in [5, 5.41) is 0.